The standard InChI is InChI=1S/C20H28N10O20P4/c21-14-8-15(24-3-23-14)29(4-25-8)18-12(33)10(31)6(46-18)1-44-52(38,39)48-13-11(32)7(2-45-53(40,41)50-54(42,43)49-51(35,36)37)47-19(13)30-5-26-9-16(30)27-20(22)28-17(9)34/h3-7,10-13,18-19,31-33H,1-2H2,(H,38,39)(H,40,41)(H,42,43)(H2,21,23,24)(H2,35,36,37)(H3,22,27,28,34)/p-5/t6-,7-,10-,11-,12-,13-,18-,19-/m1/s1. The van der Waals surface area contributed by atoms with Crippen molar-refractivity contribution in [3.8, 4) is 0 Å². The molecule has 0 aliphatic carbocycles. The van der Waals surface area contributed by atoms with E-state index in [0.29, 0.717) is 0 Å². The molecule has 0 aromatic carbocycles. The number of rotatable bonds is 14. The van der Waals surface area contributed by atoms with Crippen molar-refractivity contribution in [3.05, 3.63) is 29.3 Å². The summed E-state index contributed by atoms with van der Waals surface area (Å²) < 4.78 is 81.4. The highest BCUT2D eigenvalue weighted by molar-refractivity contribution is 7.64. The molecule has 6 rings (SSSR count). The van der Waals surface area contributed by atoms with Gasteiger partial charge < -0.3 is 78.9 Å². The highest BCUT2D eigenvalue weighted by Crippen LogP contribution is 2.60. The molecule has 2 saturated heterocycles. The number of nitrogen functional groups attached to an aromatic ring is 2. The normalized spacial score (nSPS) is 29.7. The number of hydrogen-bond donors (Lipinski definition) is 6. The number of aliphatic hydroxyl groups is 3. The molecule has 0 saturated carbocycles. The molecule has 8 N–H and O–H groups in total. The summed E-state index contributed by atoms with van der Waals surface area (Å²) >= 11 is 0. The van der Waals surface area contributed by atoms with Crippen LogP contribution in [0.25, 0.3) is 22.3 Å². The Morgan fingerprint density at radius 3 is 2.02 bits per heavy atom. The van der Waals surface area contributed by atoms with Crippen molar-refractivity contribution in [3.63, 3.8) is 0 Å². The van der Waals surface area contributed by atoms with Gasteiger partial charge >= 0.3 is 0 Å². The summed E-state index contributed by atoms with van der Waals surface area (Å²) in [5.41, 5.74) is 9.93. The average molecular weight is 847 g/mol. The maximum atomic E-state index is 13.1. The van der Waals surface area contributed by atoms with Crippen LogP contribution in [0.5, 0.6) is 0 Å². The lowest BCUT2D eigenvalue weighted by Crippen LogP contribution is -2.37. The van der Waals surface area contributed by atoms with Crippen LogP contribution in [0.4, 0.5) is 11.8 Å². The molecule has 30 nitrogen and oxygen atoms in total. The third-order valence-corrected chi connectivity index (χ3v) is 12.1. The highest BCUT2D eigenvalue weighted by atomic mass is 31.3. The first-order valence-corrected chi connectivity index (χ1v) is 20.2. The minimum atomic E-state index is -6.38. The molecule has 0 amide bonds. The molecular weight excluding hydrogens is 824 g/mol. The largest absolute Gasteiger partial charge is 0.790 e. The number of imidazole rings is 2. The summed E-state index contributed by atoms with van der Waals surface area (Å²) in [4.78, 5) is 92.0. The third kappa shape index (κ3) is 8.62. The number of aromatic amines is 1. The summed E-state index contributed by atoms with van der Waals surface area (Å²) in [5, 5.41) is 32.3. The van der Waals surface area contributed by atoms with Crippen LogP contribution in [-0.4, -0.2) is 104 Å². The van der Waals surface area contributed by atoms with E-state index in [2.05, 4.69) is 43.0 Å². The van der Waals surface area contributed by atoms with Crippen molar-refractivity contribution in [1.82, 2.24) is 39.0 Å². The average Bonchev–Trinajstić information content (AvgIpc) is 3.79. The lowest BCUT2D eigenvalue weighted by molar-refractivity contribution is -0.339. The molecule has 0 spiro atoms. The maximum Gasteiger partial charge on any atom is 0.280 e. The number of ether oxygens (including phenoxy) is 2. The van der Waals surface area contributed by atoms with E-state index < -0.39 is 105 Å². The number of aromatic nitrogens is 8. The van der Waals surface area contributed by atoms with Crippen LogP contribution in [0.2, 0.25) is 0 Å². The van der Waals surface area contributed by atoms with Crippen molar-refractivity contribution in [1.29, 1.82) is 0 Å². The van der Waals surface area contributed by atoms with Crippen molar-refractivity contribution in [2.24, 2.45) is 0 Å². The molecule has 2 aliphatic rings. The van der Waals surface area contributed by atoms with E-state index in [1.807, 2.05) is 0 Å². The van der Waals surface area contributed by atoms with Gasteiger partial charge in [-0.25, -0.2) is 24.2 Å². The van der Waals surface area contributed by atoms with Crippen molar-refractivity contribution < 1.29 is 89.7 Å². The third-order valence-electron chi connectivity index (χ3n) is 7.48. The maximum absolute atomic E-state index is 13.1. The predicted molar refractivity (Wildman–Crippen MR) is 158 cm³/mol. The fourth-order valence-corrected chi connectivity index (χ4v) is 9.05. The Morgan fingerprint density at radius 1 is 0.759 bits per heavy atom. The number of phosphoric ester groups is 2. The topological polar surface area (TPSA) is 468 Å². The monoisotopic (exact) mass is 847 g/mol. The summed E-state index contributed by atoms with van der Waals surface area (Å²) in [5.74, 6) is -0.476. The van der Waals surface area contributed by atoms with E-state index in [1.54, 1.807) is 0 Å². The van der Waals surface area contributed by atoms with Gasteiger partial charge in [0.05, 0.1) is 33.7 Å². The van der Waals surface area contributed by atoms with E-state index in [0.717, 1.165) is 17.2 Å². The van der Waals surface area contributed by atoms with Gasteiger partial charge in [0.15, 0.2) is 35.1 Å². The number of nitrogens with two attached hydrogens (primary N) is 2. The number of fused-ring (bicyclic) bond motifs is 2. The van der Waals surface area contributed by atoms with Gasteiger partial charge in [-0.15, -0.1) is 0 Å². The minimum Gasteiger partial charge on any atom is -0.790 e. The fraction of sp³-hybridized carbons (Fsp3) is 0.500. The Morgan fingerprint density at radius 2 is 1.35 bits per heavy atom. The molecule has 298 valence electrons. The van der Waals surface area contributed by atoms with E-state index >= 15 is 0 Å². The Balaban J connectivity index is 1.20. The number of aliphatic hydroxyl groups excluding tert-OH is 3. The molecule has 54 heavy (non-hydrogen) atoms. The lowest BCUT2D eigenvalue weighted by atomic mass is 10.1. The molecule has 2 fully saturated rings. The van der Waals surface area contributed by atoms with E-state index in [4.69, 9.17) is 30.0 Å². The van der Waals surface area contributed by atoms with Gasteiger partial charge in [0, 0.05) is 0 Å². The number of nitrogens with one attached hydrogen (secondary N) is 1. The predicted octanol–water partition coefficient (Wildman–Crippen LogP) is -6.31. The first-order valence-electron chi connectivity index (χ1n) is 14.4. The number of phosphoric acid groups is 4. The van der Waals surface area contributed by atoms with Crippen LogP contribution < -0.4 is 41.5 Å². The van der Waals surface area contributed by atoms with Crippen LogP contribution >= 0.6 is 31.3 Å². The number of nitrogens with zero attached hydrogens (tertiary/aromatic N) is 7. The fourth-order valence-electron chi connectivity index (χ4n) is 5.27. The van der Waals surface area contributed by atoms with Gasteiger partial charge in [0.2, 0.25) is 5.95 Å². The quantitative estimate of drug-likeness (QED) is 0.0643. The van der Waals surface area contributed by atoms with Crippen molar-refractivity contribution >= 4 is 65.4 Å². The molecule has 0 bridgehead atoms. The first-order chi connectivity index (χ1) is 25.0. The SMILES string of the molecule is Nc1nc2c(ncn2[C@@H]2O[C@H](COP(=O)([O-])OP(=O)([O-])OP(=O)([O-])[O-])[C@@H](O)[C@H]2OP(=O)([O-])OC[C@H]2O[C@@H](n3cnc4c(N)ncnc43)[C@H](O)[C@@H]2O)c(=O)[nH]1. The summed E-state index contributed by atoms with van der Waals surface area (Å²) in [6.07, 6.45) is -11.6. The van der Waals surface area contributed by atoms with Crippen LogP contribution in [-0.2, 0) is 49.9 Å². The Labute approximate surface area is 297 Å². The van der Waals surface area contributed by atoms with Gasteiger partial charge in [0.25, 0.3) is 29.0 Å². The van der Waals surface area contributed by atoms with Gasteiger partial charge in [-0.3, -0.25) is 36.9 Å². The Kier molecular flexibility index (Phi) is 11.0. The molecule has 2 aliphatic heterocycles. The van der Waals surface area contributed by atoms with Gasteiger partial charge in [0.1, 0.15) is 48.5 Å². The molecule has 6 heterocycles. The second-order valence-corrected chi connectivity index (χ2v) is 16.7. The summed E-state index contributed by atoms with van der Waals surface area (Å²) in [7, 11) is -24.5. The zero-order chi connectivity index (χ0) is 39.5. The molecule has 4 aromatic heterocycles. The summed E-state index contributed by atoms with van der Waals surface area (Å²) in [6.45, 7) is -2.42. The molecule has 3 unspecified atom stereocenters. The molecule has 11 atom stereocenters. The summed E-state index contributed by atoms with van der Waals surface area (Å²) in [6, 6.07) is 0. The molecule has 34 heteroatoms. The first kappa shape index (κ1) is 40.5. The van der Waals surface area contributed by atoms with E-state index in [1.165, 1.54) is 10.9 Å². The Hall–Kier alpha value is -3.18. The van der Waals surface area contributed by atoms with E-state index in [-0.39, 0.29) is 28.1 Å². The zero-order valence-electron chi connectivity index (χ0n) is 26.1. The number of anilines is 2. The van der Waals surface area contributed by atoms with Crippen molar-refractivity contribution in [2.75, 3.05) is 24.7 Å². The van der Waals surface area contributed by atoms with Crippen LogP contribution in [0, 0.1) is 0 Å². The molecular formula is C20H23N10O20P4-5. The number of hydrogen-bond acceptors (Lipinski definition) is 27. The zero-order valence-corrected chi connectivity index (χ0v) is 29.7. The van der Waals surface area contributed by atoms with Crippen LogP contribution in [0.1, 0.15) is 12.5 Å². The molecule has 0 radical (unpaired) electrons. The van der Waals surface area contributed by atoms with Crippen LogP contribution in [0.3, 0.4) is 0 Å². The smallest absolute Gasteiger partial charge is 0.280 e. The minimum absolute atomic E-state index is 0.0111. The molecule has 4 aromatic rings. The van der Waals surface area contributed by atoms with Gasteiger partial charge in [-0.05, 0) is 0 Å². The van der Waals surface area contributed by atoms with E-state index in [9.17, 15) is 62.8 Å². The Bertz CT molecular complexity index is 2300. The highest BCUT2D eigenvalue weighted by Gasteiger charge is 2.49. The van der Waals surface area contributed by atoms with Gasteiger partial charge in [-0.1, -0.05) is 0 Å². The number of H-pyrrole nitrogens is 1. The second-order valence-electron chi connectivity index (χ2n) is 11.1. The second kappa shape index (κ2) is 14.7. The van der Waals surface area contributed by atoms with Crippen molar-refractivity contribution in [2.45, 2.75) is 49.1 Å². The van der Waals surface area contributed by atoms with Gasteiger partial charge in [-0.2, -0.15) is 4.98 Å². The van der Waals surface area contributed by atoms with Crippen LogP contribution in [0.15, 0.2) is 23.8 Å². The lowest BCUT2D eigenvalue weighted by Gasteiger charge is -2.37.